The lowest BCUT2D eigenvalue weighted by Gasteiger charge is -2.37. The number of hydrogen-bond donors (Lipinski definition) is 3. The third kappa shape index (κ3) is 3.66. The monoisotopic (exact) mass is 308 g/mol. The molecule has 22 heavy (non-hydrogen) atoms. The highest BCUT2D eigenvalue weighted by Crippen LogP contribution is 2.28. The summed E-state index contributed by atoms with van der Waals surface area (Å²) in [5, 5.41) is 6.29. The Morgan fingerprint density at radius 3 is 2.68 bits per heavy atom. The van der Waals surface area contributed by atoms with Crippen LogP contribution in [-0.4, -0.2) is 49.7 Å². The highest BCUT2D eigenvalue weighted by Gasteiger charge is 2.32. The Hall–Kier alpha value is -1.86. The van der Waals surface area contributed by atoms with E-state index in [1.807, 2.05) is 0 Å². The summed E-state index contributed by atoms with van der Waals surface area (Å²) in [5.41, 5.74) is 5.97. The molecule has 0 unspecified atom stereocenters. The van der Waals surface area contributed by atoms with Crippen LogP contribution in [0, 0.1) is 5.41 Å². The molecule has 1 saturated heterocycles. The average molecular weight is 308 g/mol. The molecule has 1 fully saturated rings. The zero-order valence-electron chi connectivity index (χ0n) is 13.1. The summed E-state index contributed by atoms with van der Waals surface area (Å²) in [6, 6.07) is 1.52. The van der Waals surface area contributed by atoms with Crippen LogP contribution in [0.2, 0.25) is 0 Å². The zero-order valence-corrected chi connectivity index (χ0v) is 13.1. The number of nitrogens with two attached hydrogens (primary N) is 1. The predicted octanol–water partition coefficient (Wildman–Crippen LogP) is -0.130. The average Bonchev–Trinajstić information content (AvgIpc) is 2.89. The number of carbonyl (C=O) groups is 2. The Morgan fingerprint density at radius 2 is 2.14 bits per heavy atom. The van der Waals surface area contributed by atoms with Gasteiger partial charge in [0.15, 0.2) is 0 Å². The maximum Gasteiger partial charge on any atom is 0.267 e. The van der Waals surface area contributed by atoms with E-state index in [1.165, 1.54) is 6.07 Å². The summed E-state index contributed by atoms with van der Waals surface area (Å²) < 4.78 is 6.95. The van der Waals surface area contributed by atoms with Gasteiger partial charge in [0.1, 0.15) is 5.69 Å². The van der Waals surface area contributed by atoms with Crippen molar-refractivity contribution in [3.63, 3.8) is 0 Å². The second-order valence-electron chi connectivity index (χ2n) is 5.95. The molecule has 2 heterocycles. The first-order valence-electron chi connectivity index (χ1n) is 7.41. The minimum Gasteiger partial charge on any atom is -0.384 e. The van der Waals surface area contributed by atoms with E-state index in [1.54, 1.807) is 24.9 Å². The second kappa shape index (κ2) is 6.93. The molecule has 1 aliphatic heterocycles. The van der Waals surface area contributed by atoms with Gasteiger partial charge in [0.2, 0.25) is 5.91 Å². The zero-order chi connectivity index (χ0) is 16.2. The fourth-order valence-corrected chi connectivity index (χ4v) is 2.92. The minimum atomic E-state index is -0.538. The van der Waals surface area contributed by atoms with Crippen molar-refractivity contribution in [1.82, 2.24) is 15.2 Å². The number of aryl methyl sites for hydroxylation is 1. The van der Waals surface area contributed by atoms with E-state index in [2.05, 4.69) is 10.6 Å². The van der Waals surface area contributed by atoms with E-state index < -0.39 is 5.91 Å². The predicted molar refractivity (Wildman–Crippen MR) is 82.7 cm³/mol. The van der Waals surface area contributed by atoms with Gasteiger partial charge in [-0.2, -0.15) is 0 Å². The summed E-state index contributed by atoms with van der Waals surface area (Å²) in [6.07, 6.45) is 3.48. The van der Waals surface area contributed by atoms with E-state index in [0.717, 1.165) is 25.9 Å². The van der Waals surface area contributed by atoms with Crippen LogP contribution in [0.15, 0.2) is 12.3 Å². The largest absolute Gasteiger partial charge is 0.384 e. The SMILES string of the molecule is COCC1(CNC(=O)c2cc(C(N)=O)cn2C)CCNCC1. The van der Waals surface area contributed by atoms with Crippen LogP contribution in [0.4, 0.5) is 0 Å². The molecule has 2 rings (SSSR count). The molecule has 0 atom stereocenters. The van der Waals surface area contributed by atoms with Crippen LogP contribution in [0.25, 0.3) is 0 Å². The molecule has 1 aliphatic rings. The first-order chi connectivity index (χ1) is 10.5. The van der Waals surface area contributed by atoms with Gasteiger partial charge >= 0.3 is 0 Å². The Morgan fingerprint density at radius 1 is 1.45 bits per heavy atom. The van der Waals surface area contributed by atoms with E-state index in [-0.39, 0.29) is 11.3 Å². The van der Waals surface area contributed by atoms with Gasteiger partial charge in [0.25, 0.3) is 5.91 Å². The number of aromatic nitrogens is 1. The normalized spacial score (nSPS) is 17.2. The number of hydrogen-bond acceptors (Lipinski definition) is 4. The lowest BCUT2D eigenvalue weighted by Crippen LogP contribution is -2.47. The standard InChI is InChI=1S/C15H24N4O3/c1-19-8-11(13(16)20)7-12(19)14(21)18-9-15(10-22-2)3-5-17-6-4-15/h7-8,17H,3-6,9-10H2,1-2H3,(H2,16,20)(H,18,21). The molecule has 0 aromatic carbocycles. The highest BCUT2D eigenvalue weighted by molar-refractivity contribution is 5.98. The van der Waals surface area contributed by atoms with Gasteiger partial charge in [0, 0.05) is 32.3 Å². The number of nitrogens with one attached hydrogen (secondary N) is 2. The molecular weight excluding hydrogens is 284 g/mol. The lowest BCUT2D eigenvalue weighted by atomic mass is 9.79. The molecule has 122 valence electrons. The third-order valence-electron chi connectivity index (χ3n) is 4.26. The van der Waals surface area contributed by atoms with E-state index in [9.17, 15) is 9.59 Å². The third-order valence-corrected chi connectivity index (χ3v) is 4.26. The number of ether oxygens (including phenoxy) is 1. The van der Waals surface area contributed by atoms with Gasteiger partial charge in [0.05, 0.1) is 12.2 Å². The van der Waals surface area contributed by atoms with Crippen molar-refractivity contribution < 1.29 is 14.3 Å². The summed E-state index contributed by atoms with van der Waals surface area (Å²) in [6.45, 7) is 3.03. The van der Waals surface area contributed by atoms with E-state index in [4.69, 9.17) is 10.5 Å². The van der Waals surface area contributed by atoms with Crippen molar-refractivity contribution in [2.75, 3.05) is 33.4 Å². The fraction of sp³-hybridized carbons (Fsp3) is 0.600. The Kier molecular flexibility index (Phi) is 5.20. The number of amides is 2. The molecule has 7 heteroatoms. The maximum absolute atomic E-state index is 12.4. The molecule has 0 saturated carbocycles. The molecule has 0 aliphatic carbocycles. The number of carbonyl (C=O) groups excluding carboxylic acids is 2. The smallest absolute Gasteiger partial charge is 0.267 e. The first-order valence-corrected chi connectivity index (χ1v) is 7.41. The number of primary amides is 1. The molecule has 0 spiro atoms. The first kappa shape index (κ1) is 16.5. The quantitative estimate of drug-likeness (QED) is 0.682. The summed E-state index contributed by atoms with van der Waals surface area (Å²) in [7, 11) is 3.40. The number of piperidine rings is 1. The van der Waals surface area contributed by atoms with Crippen LogP contribution in [-0.2, 0) is 11.8 Å². The van der Waals surface area contributed by atoms with E-state index in [0.29, 0.717) is 24.4 Å². The van der Waals surface area contributed by atoms with Crippen molar-refractivity contribution in [3.8, 4) is 0 Å². The minimum absolute atomic E-state index is 0.0344. The Bertz CT molecular complexity index is 541. The summed E-state index contributed by atoms with van der Waals surface area (Å²) in [5.74, 6) is -0.743. The lowest BCUT2D eigenvalue weighted by molar-refractivity contribution is 0.0510. The topological polar surface area (TPSA) is 98.4 Å². The van der Waals surface area contributed by atoms with Crippen molar-refractivity contribution in [3.05, 3.63) is 23.5 Å². The highest BCUT2D eigenvalue weighted by atomic mass is 16.5. The van der Waals surface area contributed by atoms with Crippen LogP contribution < -0.4 is 16.4 Å². The molecular formula is C15H24N4O3. The summed E-state index contributed by atoms with van der Waals surface area (Å²) >= 11 is 0. The van der Waals surface area contributed by atoms with Crippen LogP contribution in [0.5, 0.6) is 0 Å². The van der Waals surface area contributed by atoms with Crippen LogP contribution in [0.3, 0.4) is 0 Å². The van der Waals surface area contributed by atoms with Crippen molar-refractivity contribution in [2.24, 2.45) is 18.2 Å². The maximum atomic E-state index is 12.4. The molecule has 2 amide bonds. The van der Waals surface area contributed by atoms with Crippen LogP contribution >= 0.6 is 0 Å². The molecule has 0 bridgehead atoms. The molecule has 7 nitrogen and oxygen atoms in total. The number of nitrogens with zero attached hydrogens (tertiary/aromatic N) is 1. The van der Waals surface area contributed by atoms with Crippen molar-refractivity contribution >= 4 is 11.8 Å². The molecule has 1 aromatic rings. The van der Waals surface area contributed by atoms with Gasteiger partial charge in [-0.3, -0.25) is 9.59 Å². The van der Waals surface area contributed by atoms with Gasteiger partial charge in [-0.25, -0.2) is 0 Å². The van der Waals surface area contributed by atoms with Crippen molar-refractivity contribution in [1.29, 1.82) is 0 Å². The van der Waals surface area contributed by atoms with Gasteiger partial charge < -0.3 is 25.7 Å². The van der Waals surface area contributed by atoms with Gasteiger partial charge in [-0.1, -0.05) is 0 Å². The molecule has 1 aromatic heterocycles. The Balaban J connectivity index is 2.03. The van der Waals surface area contributed by atoms with Gasteiger partial charge in [-0.05, 0) is 32.0 Å². The number of methoxy groups -OCH3 is 1. The van der Waals surface area contributed by atoms with Crippen LogP contribution in [0.1, 0.15) is 33.7 Å². The summed E-state index contributed by atoms with van der Waals surface area (Å²) in [4.78, 5) is 23.5. The Labute approximate surface area is 130 Å². The number of rotatable bonds is 6. The van der Waals surface area contributed by atoms with Gasteiger partial charge in [-0.15, -0.1) is 0 Å². The molecule has 4 N–H and O–H groups in total. The molecule has 0 radical (unpaired) electrons. The fourth-order valence-electron chi connectivity index (χ4n) is 2.92. The van der Waals surface area contributed by atoms with Crippen molar-refractivity contribution in [2.45, 2.75) is 12.8 Å². The van der Waals surface area contributed by atoms with E-state index >= 15 is 0 Å². The second-order valence-corrected chi connectivity index (χ2v) is 5.95.